The van der Waals surface area contributed by atoms with Gasteiger partial charge in [0.2, 0.25) is 5.89 Å². The zero-order chi connectivity index (χ0) is 15.1. The summed E-state index contributed by atoms with van der Waals surface area (Å²) in [5, 5.41) is 4.00. The van der Waals surface area contributed by atoms with Crippen molar-refractivity contribution < 1.29 is 4.52 Å². The third-order valence-electron chi connectivity index (χ3n) is 3.07. The van der Waals surface area contributed by atoms with Gasteiger partial charge in [0.15, 0.2) is 5.82 Å². The molecule has 4 nitrogen and oxygen atoms in total. The molecule has 1 aromatic heterocycles. The number of thioether (sulfide) groups is 1. The van der Waals surface area contributed by atoms with Crippen molar-refractivity contribution in [3.05, 3.63) is 47.6 Å². The number of benzene rings is 1. The molecule has 0 radical (unpaired) electrons. The first-order chi connectivity index (χ1) is 10.1. The fourth-order valence-corrected chi connectivity index (χ4v) is 2.84. The van der Waals surface area contributed by atoms with Gasteiger partial charge in [-0.3, -0.25) is 0 Å². The van der Waals surface area contributed by atoms with Gasteiger partial charge in [0.05, 0.1) is 11.8 Å². The van der Waals surface area contributed by atoms with Crippen LogP contribution in [0.3, 0.4) is 0 Å². The SMILES string of the molecule is CC(C)CSCc1noc(C(N)CCc2ccccc2)n1. The van der Waals surface area contributed by atoms with E-state index in [0.717, 1.165) is 30.2 Å². The second-order valence-corrected chi connectivity index (χ2v) is 6.62. The maximum absolute atomic E-state index is 6.13. The summed E-state index contributed by atoms with van der Waals surface area (Å²) in [6.07, 6.45) is 1.73. The summed E-state index contributed by atoms with van der Waals surface area (Å²) in [4.78, 5) is 4.40. The number of aryl methyl sites for hydroxylation is 1. The van der Waals surface area contributed by atoms with Crippen LogP contribution in [0.1, 0.15) is 43.6 Å². The number of aromatic nitrogens is 2. The summed E-state index contributed by atoms with van der Waals surface area (Å²) in [6, 6.07) is 10.1. The van der Waals surface area contributed by atoms with E-state index in [0.29, 0.717) is 11.8 Å². The molecule has 1 atom stereocenters. The number of hydrogen-bond acceptors (Lipinski definition) is 5. The van der Waals surface area contributed by atoms with Crippen LogP contribution < -0.4 is 5.73 Å². The molecule has 0 bridgehead atoms. The van der Waals surface area contributed by atoms with Gasteiger partial charge in [0.25, 0.3) is 0 Å². The Hall–Kier alpha value is -1.33. The van der Waals surface area contributed by atoms with E-state index < -0.39 is 0 Å². The second-order valence-electron chi connectivity index (χ2n) is 5.59. The first-order valence-corrected chi connectivity index (χ1v) is 8.50. The maximum Gasteiger partial charge on any atom is 0.243 e. The van der Waals surface area contributed by atoms with Crippen LogP contribution in [-0.4, -0.2) is 15.9 Å². The number of nitrogens with two attached hydrogens (primary N) is 1. The van der Waals surface area contributed by atoms with Crippen molar-refractivity contribution >= 4 is 11.8 Å². The summed E-state index contributed by atoms with van der Waals surface area (Å²) < 4.78 is 5.27. The first kappa shape index (κ1) is 16.0. The highest BCUT2D eigenvalue weighted by molar-refractivity contribution is 7.98. The minimum atomic E-state index is -0.193. The Morgan fingerprint density at radius 1 is 1.24 bits per heavy atom. The zero-order valence-corrected chi connectivity index (χ0v) is 13.5. The highest BCUT2D eigenvalue weighted by atomic mass is 32.2. The molecule has 21 heavy (non-hydrogen) atoms. The van der Waals surface area contributed by atoms with Gasteiger partial charge in [-0.05, 0) is 30.1 Å². The molecule has 0 aliphatic rings. The van der Waals surface area contributed by atoms with Crippen molar-refractivity contribution in [1.29, 1.82) is 0 Å². The van der Waals surface area contributed by atoms with Gasteiger partial charge in [-0.15, -0.1) is 0 Å². The zero-order valence-electron chi connectivity index (χ0n) is 12.7. The Morgan fingerprint density at radius 2 is 2.00 bits per heavy atom. The van der Waals surface area contributed by atoms with E-state index in [1.54, 1.807) is 0 Å². The molecular weight excluding hydrogens is 282 g/mol. The third kappa shape index (κ3) is 5.52. The van der Waals surface area contributed by atoms with Gasteiger partial charge in [-0.1, -0.05) is 49.3 Å². The Labute approximate surface area is 130 Å². The smallest absolute Gasteiger partial charge is 0.243 e. The standard InChI is InChI=1S/C16H23N3OS/c1-12(2)10-21-11-15-18-16(20-19-15)14(17)9-8-13-6-4-3-5-7-13/h3-7,12,14H,8-11,17H2,1-2H3. The molecule has 0 saturated carbocycles. The molecular formula is C16H23N3OS. The summed E-state index contributed by atoms with van der Waals surface area (Å²) >= 11 is 1.82. The minimum Gasteiger partial charge on any atom is -0.338 e. The highest BCUT2D eigenvalue weighted by Gasteiger charge is 2.14. The average Bonchev–Trinajstić information content (AvgIpc) is 2.94. The van der Waals surface area contributed by atoms with Crippen LogP contribution in [-0.2, 0) is 12.2 Å². The monoisotopic (exact) mass is 305 g/mol. The molecule has 2 rings (SSSR count). The van der Waals surface area contributed by atoms with Crippen LogP contribution >= 0.6 is 11.8 Å². The summed E-state index contributed by atoms with van der Waals surface area (Å²) in [7, 11) is 0. The number of rotatable bonds is 8. The van der Waals surface area contributed by atoms with Gasteiger partial charge in [0.1, 0.15) is 0 Å². The molecule has 0 spiro atoms. The lowest BCUT2D eigenvalue weighted by molar-refractivity contribution is 0.346. The number of hydrogen-bond donors (Lipinski definition) is 1. The molecule has 1 unspecified atom stereocenters. The molecule has 2 N–H and O–H groups in total. The average molecular weight is 305 g/mol. The molecule has 2 aromatic rings. The van der Waals surface area contributed by atoms with E-state index in [9.17, 15) is 0 Å². The van der Waals surface area contributed by atoms with Crippen LogP contribution in [0.2, 0.25) is 0 Å². The van der Waals surface area contributed by atoms with Gasteiger partial charge in [-0.25, -0.2) is 0 Å². The van der Waals surface area contributed by atoms with E-state index in [1.165, 1.54) is 5.56 Å². The fraction of sp³-hybridized carbons (Fsp3) is 0.500. The normalized spacial score (nSPS) is 12.8. The van der Waals surface area contributed by atoms with E-state index in [4.69, 9.17) is 10.3 Å². The van der Waals surface area contributed by atoms with Crippen molar-refractivity contribution in [2.75, 3.05) is 5.75 Å². The van der Waals surface area contributed by atoms with Crippen molar-refractivity contribution in [3.8, 4) is 0 Å². The molecule has 1 aromatic carbocycles. The van der Waals surface area contributed by atoms with Crippen LogP contribution in [0.4, 0.5) is 0 Å². The highest BCUT2D eigenvalue weighted by Crippen LogP contribution is 2.18. The molecule has 0 aliphatic carbocycles. The molecule has 0 fully saturated rings. The Balaban J connectivity index is 1.80. The van der Waals surface area contributed by atoms with Gasteiger partial charge in [0, 0.05) is 0 Å². The van der Waals surface area contributed by atoms with Gasteiger partial charge in [-0.2, -0.15) is 16.7 Å². The molecule has 0 saturated heterocycles. The van der Waals surface area contributed by atoms with Crippen molar-refractivity contribution in [2.45, 2.75) is 38.5 Å². The van der Waals surface area contributed by atoms with E-state index in [2.05, 4.69) is 36.1 Å². The van der Waals surface area contributed by atoms with Crippen LogP contribution in [0, 0.1) is 5.92 Å². The first-order valence-electron chi connectivity index (χ1n) is 7.35. The summed E-state index contributed by atoms with van der Waals surface area (Å²) in [5.41, 5.74) is 7.41. The van der Waals surface area contributed by atoms with Crippen molar-refractivity contribution in [2.24, 2.45) is 11.7 Å². The topological polar surface area (TPSA) is 64.9 Å². The van der Waals surface area contributed by atoms with E-state index in [-0.39, 0.29) is 6.04 Å². The fourth-order valence-electron chi connectivity index (χ4n) is 1.95. The van der Waals surface area contributed by atoms with Crippen molar-refractivity contribution in [1.82, 2.24) is 10.1 Å². The maximum atomic E-state index is 6.13. The molecule has 5 heteroatoms. The van der Waals surface area contributed by atoms with E-state index in [1.807, 2.05) is 30.0 Å². The molecule has 1 heterocycles. The lowest BCUT2D eigenvalue weighted by atomic mass is 10.1. The third-order valence-corrected chi connectivity index (χ3v) is 4.43. The predicted octanol–water partition coefficient (Wildman–Crippen LogP) is 3.59. The van der Waals surface area contributed by atoms with Crippen LogP contribution in [0.15, 0.2) is 34.9 Å². The van der Waals surface area contributed by atoms with Gasteiger partial charge >= 0.3 is 0 Å². The van der Waals surface area contributed by atoms with Crippen molar-refractivity contribution in [3.63, 3.8) is 0 Å². The Morgan fingerprint density at radius 3 is 2.71 bits per heavy atom. The Bertz CT molecular complexity index is 527. The van der Waals surface area contributed by atoms with E-state index >= 15 is 0 Å². The molecule has 114 valence electrons. The molecule has 0 amide bonds. The predicted molar refractivity (Wildman–Crippen MR) is 87.0 cm³/mol. The van der Waals surface area contributed by atoms with Gasteiger partial charge < -0.3 is 10.3 Å². The number of nitrogens with zero attached hydrogens (tertiary/aromatic N) is 2. The second kappa shape index (κ2) is 8.20. The van der Waals surface area contributed by atoms with Crippen LogP contribution in [0.25, 0.3) is 0 Å². The summed E-state index contributed by atoms with van der Waals surface area (Å²) in [5.74, 6) is 3.85. The lowest BCUT2D eigenvalue weighted by Crippen LogP contribution is -2.11. The quantitative estimate of drug-likeness (QED) is 0.807. The van der Waals surface area contributed by atoms with Crippen LogP contribution in [0.5, 0.6) is 0 Å². The Kier molecular flexibility index (Phi) is 6.26. The minimum absolute atomic E-state index is 0.193. The summed E-state index contributed by atoms with van der Waals surface area (Å²) in [6.45, 7) is 4.41. The largest absolute Gasteiger partial charge is 0.338 e. The lowest BCUT2D eigenvalue weighted by Gasteiger charge is -2.06. The molecule has 0 aliphatic heterocycles.